The number of nitrogens with one attached hydrogen (secondary N) is 3. The maximum Gasteiger partial charge on any atom is 0.261 e. The average Bonchev–Trinajstić information content (AvgIpc) is 3.36. The fourth-order valence-electron chi connectivity index (χ4n) is 4.49. The van der Waals surface area contributed by atoms with Crippen LogP contribution in [0, 0.1) is 0 Å². The molecule has 0 unspecified atom stereocenters. The zero-order valence-electron chi connectivity index (χ0n) is 21.2. The van der Waals surface area contributed by atoms with Gasteiger partial charge in [-0.1, -0.05) is 36.4 Å². The van der Waals surface area contributed by atoms with E-state index < -0.39 is 6.04 Å². The van der Waals surface area contributed by atoms with Gasteiger partial charge in [0.15, 0.2) is 0 Å². The van der Waals surface area contributed by atoms with Crippen molar-refractivity contribution in [1.29, 1.82) is 0 Å². The van der Waals surface area contributed by atoms with Crippen molar-refractivity contribution < 1.29 is 19.1 Å². The summed E-state index contributed by atoms with van der Waals surface area (Å²) in [6.07, 6.45) is 1.50. The predicted octanol–water partition coefficient (Wildman–Crippen LogP) is 5.08. The second kappa shape index (κ2) is 10.5. The monoisotopic (exact) mass is 509 g/mol. The minimum atomic E-state index is -0.654. The quantitative estimate of drug-likeness (QED) is 0.321. The van der Waals surface area contributed by atoms with E-state index in [2.05, 4.69) is 21.0 Å². The molecule has 2 amide bonds. The Labute approximate surface area is 220 Å². The molecule has 4 aromatic rings. The van der Waals surface area contributed by atoms with Gasteiger partial charge in [0, 0.05) is 22.6 Å². The summed E-state index contributed by atoms with van der Waals surface area (Å²) in [7, 11) is 3.17. The van der Waals surface area contributed by atoms with Crippen molar-refractivity contribution in [2.75, 3.05) is 30.2 Å². The van der Waals surface area contributed by atoms with E-state index in [0.717, 1.165) is 5.56 Å². The maximum atomic E-state index is 13.7. The van der Waals surface area contributed by atoms with Gasteiger partial charge in [0.2, 0.25) is 0 Å². The molecule has 9 heteroatoms. The number of aromatic nitrogens is 2. The molecule has 0 bridgehead atoms. The molecule has 1 aliphatic rings. The number of methoxy groups -OCH3 is 2. The Balaban J connectivity index is 1.55. The Morgan fingerprint density at radius 2 is 1.50 bits per heavy atom. The van der Waals surface area contributed by atoms with Crippen molar-refractivity contribution in [2.24, 2.45) is 0 Å². The Bertz CT molecular complexity index is 1510. The molecule has 1 aliphatic heterocycles. The highest BCUT2D eigenvalue weighted by molar-refractivity contribution is 6.09. The molecule has 0 aliphatic carbocycles. The first kappa shape index (κ1) is 24.6. The maximum absolute atomic E-state index is 13.7. The second-order valence-electron chi connectivity index (χ2n) is 8.66. The molecule has 38 heavy (non-hydrogen) atoms. The van der Waals surface area contributed by atoms with Gasteiger partial charge in [0.05, 0.1) is 26.0 Å². The first-order valence-corrected chi connectivity index (χ1v) is 12.0. The SMILES string of the molecule is COc1ccc(NC(=O)C2=C(C)Nc3c(C(=O)Nc4ccccc4)cnn3[C@@H]2c2ccccc2OC)cc1. The van der Waals surface area contributed by atoms with Crippen LogP contribution in [0.3, 0.4) is 0 Å². The summed E-state index contributed by atoms with van der Waals surface area (Å²) >= 11 is 0. The van der Waals surface area contributed by atoms with Gasteiger partial charge in [0.1, 0.15) is 28.9 Å². The van der Waals surface area contributed by atoms with Gasteiger partial charge in [-0.05, 0) is 49.4 Å². The van der Waals surface area contributed by atoms with E-state index in [1.807, 2.05) is 54.6 Å². The normalized spacial score (nSPS) is 14.2. The summed E-state index contributed by atoms with van der Waals surface area (Å²) in [6.45, 7) is 1.81. The molecule has 0 saturated carbocycles. The summed E-state index contributed by atoms with van der Waals surface area (Å²) in [5.41, 5.74) is 3.40. The molecule has 192 valence electrons. The van der Waals surface area contributed by atoms with Crippen molar-refractivity contribution in [3.05, 3.63) is 107 Å². The van der Waals surface area contributed by atoms with Crippen molar-refractivity contribution >= 4 is 29.0 Å². The molecule has 0 spiro atoms. The van der Waals surface area contributed by atoms with E-state index in [1.165, 1.54) is 6.20 Å². The van der Waals surface area contributed by atoms with E-state index in [4.69, 9.17) is 9.47 Å². The lowest BCUT2D eigenvalue weighted by molar-refractivity contribution is -0.113. The molecule has 0 radical (unpaired) electrons. The van der Waals surface area contributed by atoms with Crippen LogP contribution in [-0.4, -0.2) is 35.8 Å². The summed E-state index contributed by atoms with van der Waals surface area (Å²) in [5.74, 6) is 1.13. The van der Waals surface area contributed by atoms with Crippen molar-refractivity contribution in [1.82, 2.24) is 9.78 Å². The van der Waals surface area contributed by atoms with Crippen LogP contribution < -0.4 is 25.4 Å². The second-order valence-corrected chi connectivity index (χ2v) is 8.66. The highest BCUT2D eigenvalue weighted by atomic mass is 16.5. The Kier molecular flexibility index (Phi) is 6.82. The zero-order valence-corrected chi connectivity index (χ0v) is 21.2. The highest BCUT2D eigenvalue weighted by Gasteiger charge is 2.36. The van der Waals surface area contributed by atoms with Crippen molar-refractivity contribution in [2.45, 2.75) is 13.0 Å². The fraction of sp³-hybridized carbons (Fsp3) is 0.138. The zero-order chi connectivity index (χ0) is 26.6. The van der Waals surface area contributed by atoms with Crippen LogP contribution in [0.15, 0.2) is 96.3 Å². The summed E-state index contributed by atoms with van der Waals surface area (Å²) in [5, 5.41) is 13.7. The van der Waals surface area contributed by atoms with Crippen LogP contribution >= 0.6 is 0 Å². The molecule has 3 aromatic carbocycles. The van der Waals surface area contributed by atoms with Crippen LogP contribution in [0.2, 0.25) is 0 Å². The number of ether oxygens (including phenoxy) is 2. The fourth-order valence-corrected chi connectivity index (χ4v) is 4.49. The summed E-state index contributed by atoms with van der Waals surface area (Å²) in [4.78, 5) is 26.9. The molecule has 2 heterocycles. The number of nitrogens with zero attached hydrogens (tertiary/aromatic N) is 2. The van der Waals surface area contributed by atoms with Gasteiger partial charge >= 0.3 is 0 Å². The Hall–Kier alpha value is -5.05. The van der Waals surface area contributed by atoms with Gasteiger partial charge in [-0.25, -0.2) is 4.68 Å². The number of allylic oxidation sites excluding steroid dienone is 1. The minimum Gasteiger partial charge on any atom is -0.497 e. The van der Waals surface area contributed by atoms with Gasteiger partial charge in [-0.3, -0.25) is 9.59 Å². The number of amides is 2. The third-order valence-corrected chi connectivity index (χ3v) is 6.33. The van der Waals surface area contributed by atoms with E-state index >= 15 is 0 Å². The predicted molar refractivity (Wildman–Crippen MR) is 146 cm³/mol. The molecule has 3 N–H and O–H groups in total. The number of hydrogen-bond donors (Lipinski definition) is 3. The number of fused-ring (bicyclic) bond motifs is 1. The van der Waals surface area contributed by atoms with E-state index in [1.54, 1.807) is 50.1 Å². The molecular formula is C29H27N5O4. The first-order chi connectivity index (χ1) is 18.5. The Morgan fingerprint density at radius 3 is 2.21 bits per heavy atom. The minimum absolute atomic E-state index is 0.312. The molecule has 0 saturated heterocycles. The van der Waals surface area contributed by atoms with Crippen LogP contribution in [0.1, 0.15) is 28.9 Å². The third kappa shape index (κ3) is 4.69. The molecule has 1 aromatic heterocycles. The van der Waals surface area contributed by atoms with Crippen LogP contribution in [-0.2, 0) is 4.79 Å². The summed E-state index contributed by atoms with van der Waals surface area (Å²) < 4.78 is 12.5. The standard InChI is InChI=1S/C29H27N5O4/c1-18-25(29(36)33-20-13-15-21(37-2)16-14-20)26(22-11-7-8-12-24(22)38-3)34-27(31-18)23(17-30-34)28(35)32-19-9-5-4-6-10-19/h4-17,26,31H,1-3H3,(H,32,35)(H,33,36)/t26-/m1/s1. The van der Waals surface area contributed by atoms with Crippen LogP contribution in [0.4, 0.5) is 17.2 Å². The van der Waals surface area contributed by atoms with E-state index in [9.17, 15) is 9.59 Å². The number of hydrogen-bond acceptors (Lipinski definition) is 6. The molecule has 1 atom stereocenters. The molecule has 5 rings (SSSR count). The third-order valence-electron chi connectivity index (χ3n) is 6.33. The number of para-hydroxylation sites is 2. The lowest BCUT2D eigenvalue weighted by atomic mass is 9.93. The van der Waals surface area contributed by atoms with Gasteiger partial charge in [-0.2, -0.15) is 5.10 Å². The number of rotatable bonds is 7. The lowest BCUT2D eigenvalue weighted by Crippen LogP contribution is -2.32. The number of carbonyl (C=O) groups excluding carboxylic acids is 2. The summed E-state index contributed by atoms with van der Waals surface area (Å²) in [6, 6.07) is 23.1. The van der Waals surface area contributed by atoms with Crippen molar-refractivity contribution in [3.8, 4) is 11.5 Å². The van der Waals surface area contributed by atoms with Gasteiger partial charge in [0.25, 0.3) is 11.8 Å². The smallest absolute Gasteiger partial charge is 0.261 e. The molecule has 9 nitrogen and oxygen atoms in total. The van der Waals surface area contributed by atoms with Crippen LogP contribution in [0.25, 0.3) is 0 Å². The van der Waals surface area contributed by atoms with Crippen molar-refractivity contribution in [3.63, 3.8) is 0 Å². The van der Waals surface area contributed by atoms with E-state index in [0.29, 0.717) is 45.5 Å². The van der Waals surface area contributed by atoms with Gasteiger partial charge < -0.3 is 25.4 Å². The molecule has 0 fully saturated rings. The number of carbonyl (C=O) groups is 2. The lowest BCUT2D eigenvalue weighted by Gasteiger charge is -2.31. The van der Waals surface area contributed by atoms with Gasteiger partial charge in [-0.15, -0.1) is 0 Å². The largest absolute Gasteiger partial charge is 0.497 e. The first-order valence-electron chi connectivity index (χ1n) is 12.0. The average molecular weight is 510 g/mol. The highest BCUT2D eigenvalue weighted by Crippen LogP contribution is 2.41. The van der Waals surface area contributed by atoms with Crippen LogP contribution in [0.5, 0.6) is 11.5 Å². The molecular weight excluding hydrogens is 482 g/mol. The van der Waals surface area contributed by atoms with E-state index in [-0.39, 0.29) is 11.8 Å². The number of anilines is 3. The number of benzene rings is 3. The Morgan fingerprint density at radius 1 is 0.842 bits per heavy atom. The topological polar surface area (TPSA) is 107 Å².